The number of ether oxygens (including phenoxy) is 1. The van der Waals surface area contributed by atoms with E-state index in [-0.39, 0.29) is 5.91 Å². The van der Waals surface area contributed by atoms with Gasteiger partial charge in [0.05, 0.1) is 12.7 Å². The number of methoxy groups -OCH3 is 1. The Morgan fingerprint density at radius 3 is 3.05 bits per heavy atom. The van der Waals surface area contributed by atoms with Gasteiger partial charge < -0.3 is 15.4 Å². The molecule has 1 amide bonds. The van der Waals surface area contributed by atoms with Crippen molar-refractivity contribution < 1.29 is 9.53 Å². The highest BCUT2D eigenvalue weighted by molar-refractivity contribution is 6.06. The van der Waals surface area contributed by atoms with Gasteiger partial charge in [-0.3, -0.25) is 4.79 Å². The van der Waals surface area contributed by atoms with Crippen LogP contribution in [0.4, 0.5) is 11.5 Å². The van der Waals surface area contributed by atoms with E-state index in [1.54, 1.807) is 25.4 Å². The summed E-state index contributed by atoms with van der Waals surface area (Å²) < 4.78 is 5.21. The number of rotatable bonds is 3. The van der Waals surface area contributed by atoms with E-state index in [1.165, 1.54) is 0 Å². The number of aromatic nitrogens is 1. The average Bonchev–Trinajstić information content (AvgIpc) is 2.96. The molecule has 5 heteroatoms. The largest absolute Gasteiger partial charge is 0.496 e. The number of para-hydroxylation sites is 1. The third-order valence-corrected chi connectivity index (χ3v) is 3.32. The van der Waals surface area contributed by atoms with Crippen molar-refractivity contribution in [1.29, 1.82) is 0 Å². The lowest BCUT2D eigenvalue weighted by Gasteiger charge is -2.11. The Bertz CT molecular complexity index is 655. The molecule has 0 bridgehead atoms. The van der Waals surface area contributed by atoms with Crippen LogP contribution in [-0.4, -0.2) is 24.5 Å². The number of carbonyl (C=O) groups is 1. The molecule has 1 aliphatic rings. The van der Waals surface area contributed by atoms with E-state index in [1.807, 2.05) is 18.2 Å². The Morgan fingerprint density at radius 1 is 1.35 bits per heavy atom. The van der Waals surface area contributed by atoms with Gasteiger partial charge in [-0.05, 0) is 24.6 Å². The summed E-state index contributed by atoms with van der Waals surface area (Å²) >= 11 is 0. The van der Waals surface area contributed by atoms with Crippen LogP contribution in [0, 0.1) is 0 Å². The number of hydrogen-bond acceptors (Lipinski definition) is 4. The van der Waals surface area contributed by atoms with Crippen LogP contribution in [0.3, 0.4) is 0 Å². The second kappa shape index (κ2) is 5.21. The van der Waals surface area contributed by atoms with Gasteiger partial charge in [-0.15, -0.1) is 0 Å². The van der Waals surface area contributed by atoms with Gasteiger partial charge in [0.25, 0.3) is 5.91 Å². The maximum Gasteiger partial charge on any atom is 0.259 e. The van der Waals surface area contributed by atoms with Crippen molar-refractivity contribution in [3.63, 3.8) is 0 Å². The minimum Gasteiger partial charge on any atom is -0.496 e. The maximum absolute atomic E-state index is 12.4. The summed E-state index contributed by atoms with van der Waals surface area (Å²) in [4.78, 5) is 16.6. The first-order valence-electron chi connectivity index (χ1n) is 6.45. The molecule has 1 aromatic heterocycles. The normalized spacial score (nSPS) is 12.4. The highest BCUT2D eigenvalue weighted by Gasteiger charge is 2.18. The van der Waals surface area contributed by atoms with Crippen molar-refractivity contribution in [2.24, 2.45) is 0 Å². The minimum absolute atomic E-state index is 0.178. The third-order valence-electron chi connectivity index (χ3n) is 3.32. The molecule has 1 aromatic carbocycles. The van der Waals surface area contributed by atoms with Gasteiger partial charge in [0.1, 0.15) is 11.6 Å². The van der Waals surface area contributed by atoms with E-state index in [0.29, 0.717) is 11.3 Å². The summed E-state index contributed by atoms with van der Waals surface area (Å²) in [5.41, 5.74) is 2.37. The number of anilines is 2. The van der Waals surface area contributed by atoms with Crippen LogP contribution >= 0.6 is 0 Å². The fourth-order valence-electron chi connectivity index (χ4n) is 2.34. The number of nitrogens with zero attached hydrogens (tertiary/aromatic N) is 1. The van der Waals surface area contributed by atoms with E-state index < -0.39 is 0 Å². The second-order valence-corrected chi connectivity index (χ2v) is 4.52. The Morgan fingerprint density at radius 2 is 2.20 bits per heavy atom. The van der Waals surface area contributed by atoms with Crippen molar-refractivity contribution >= 4 is 17.4 Å². The standard InChI is InChI=1S/C15H15N3O2/c1-20-13-5-3-2-4-11(13)15(19)18-12-7-9-17-14-10(12)6-8-16-14/h2-5,7,9H,6,8H2,1H3,(H2,16,17,18,19). The number of amides is 1. The van der Waals surface area contributed by atoms with Crippen molar-refractivity contribution in [2.45, 2.75) is 6.42 Å². The van der Waals surface area contributed by atoms with Crippen LogP contribution in [-0.2, 0) is 6.42 Å². The highest BCUT2D eigenvalue weighted by Crippen LogP contribution is 2.28. The predicted octanol–water partition coefficient (Wildman–Crippen LogP) is 2.31. The van der Waals surface area contributed by atoms with Crippen LogP contribution in [0.5, 0.6) is 5.75 Å². The molecule has 0 spiro atoms. The molecule has 0 fully saturated rings. The molecule has 0 unspecified atom stereocenters. The van der Waals surface area contributed by atoms with E-state index >= 15 is 0 Å². The minimum atomic E-state index is -0.178. The molecule has 3 rings (SSSR count). The zero-order valence-electron chi connectivity index (χ0n) is 11.1. The Balaban J connectivity index is 1.88. The number of fused-ring (bicyclic) bond motifs is 1. The summed E-state index contributed by atoms with van der Waals surface area (Å²) in [6.07, 6.45) is 2.56. The average molecular weight is 269 g/mol. The SMILES string of the molecule is COc1ccccc1C(=O)Nc1ccnc2c1CCN2. The van der Waals surface area contributed by atoms with Crippen LogP contribution in [0.1, 0.15) is 15.9 Å². The number of hydrogen-bond donors (Lipinski definition) is 2. The first-order chi connectivity index (χ1) is 9.79. The summed E-state index contributed by atoms with van der Waals surface area (Å²) in [6.45, 7) is 0.851. The molecule has 2 N–H and O–H groups in total. The molecule has 0 saturated heterocycles. The van der Waals surface area contributed by atoms with Crippen LogP contribution < -0.4 is 15.4 Å². The van der Waals surface area contributed by atoms with E-state index in [9.17, 15) is 4.79 Å². The van der Waals surface area contributed by atoms with Gasteiger partial charge in [-0.2, -0.15) is 0 Å². The van der Waals surface area contributed by atoms with Gasteiger partial charge >= 0.3 is 0 Å². The molecular weight excluding hydrogens is 254 g/mol. The lowest BCUT2D eigenvalue weighted by Crippen LogP contribution is -2.14. The van der Waals surface area contributed by atoms with Gasteiger partial charge in [0, 0.05) is 24.0 Å². The fraction of sp³-hybridized carbons (Fsp3) is 0.200. The second-order valence-electron chi connectivity index (χ2n) is 4.52. The highest BCUT2D eigenvalue weighted by atomic mass is 16.5. The van der Waals surface area contributed by atoms with Crippen LogP contribution in [0.2, 0.25) is 0 Å². The zero-order chi connectivity index (χ0) is 13.9. The first-order valence-corrected chi connectivity index (χ1v) is 6.45. The van der Waals surface area contributed by atoms with Crippen molar-refractivity contribution in [2.75, 3.05) is 24.3 Å². The molecule has 1 aliphatic heterocycles. The van der Waals surface area contributed by atoms with E-state index in [2.05, 4.69) is 15.6 Å². The molecule has 102 valence electrons. The molecule has 0 aliphatic carbocycles. The van der Waals surface area contributed by atoms with Crippen LogP contribution in [0.15, 0.2) is 36.5 Å². The molecule has 0 saturated carbocycles. The summed E-state index contributed by atoms with van der Waals surface area (Å²) in [5.74, 6) is 1.24. The first kappa shape index (κ1) is 12.5. The van der Waals surface area contributed by atoms with Crippen molar-refractivity contribution in [1.82, 2.24) is 4.98 Å². The Kier molecular flexibility index (Phi) is 3.25. The lowest BCUT2D eigenvalue weighted by molar-refractivity contribution is 0.102. The summed E-state index contributed by atoms with van der Waals surface area (Å²) in [5, 5.41) is 6.12. The van der Waals surface area contributed by atoms with Gasteiger partial charge in [0.2, 0.25) is 0 Å². The zero-order valence-corrected chi connectivity index (χ0v) is 11.1. The monoisotopic (exact) mass is 269 g/mol. The summed E-state index contributed by atoms with van der Waals surface area (Å²) in [7, 11) is 1.56. The maximum atomic E-state index is 12.4. The number of nitrogens with one attached hydrogen (secondary N) is 2. The molecular formula is C15H15N3O2. The molecule has 20 heavy (non-hydrogen) atoms. The van der Waals surface area contributed by atoms with Gasteiger partial charge in [-0.1, -0.05) is 12.1 Å². The van der Waals surface area contributed by atoms with Crippen molar-refractivity contribution in [3.8, 4) is 5.75 Å². The van der Waals surface area contributed by atoms with E-state index in [4.69, 9.17) is 4.74 Å². The number of pyridine rings is 1. The number of carbonyl (C=O) groups excluding carboxylic acids is 1. The number of benzene rings is 1. The molecule has 5 nitrogen and oxygen atoms in total. The molecule has 0 radical (unpaired) electrons. The topological polar surface area (TPSA) is 63.2 Å². The Hall–Kier alpha value is -2.56. The van der Waals surface area contributed by atoms with Gasteiger partial charge in [0.15, 0.2) is 0 Å². The van der Waals surface area contributed by atoms with Crippen molar-refractivity contribution in [3.05, 3.63) is 47.7 Å². The third kappa shape index (κ3) is 2.18. The van der Waals surface area contributed by atoms with E-state index in [0.717, 1.165) is 30.0 Å². The fourth-order valence-corrected chi connectivity index (χ4v) is 2.34. The molecule has 2 aromatic rings. The molecule has 0 atom stereocenters. The Labute approximate surface area is 117 Å². The summed E-state index contributed by atoms with van der Waals surface area (Å²) in [6, 6.07) is 8.99. The quantitative estimate of drug-likeness (QED) is 0.897. The smallest absolute Gasteiger partial charge is 0.259 e. The van der Waals surface area contributed by atoms with Gasteiger partial charge in [-0.25, -0.2) is 4.98 Å². The predicted molar refractivity (Wildman–Crippen MR) is 77.4 cm³/mol. The molecule has 2 heterocycles. The van der Waals surface area contributed by atoms with Crippen LogP contribution in [0.25, 0.3) is 0 Å². The lowest BCUT2D eigenvalue weighted by atomic mass is 10.1.